The molecule has 2 N–H and O–H groups in total. The second-order valence-corrected chi connectivity index (χ2v) is 6.27. The zero-order chi connectivity index (χ0) is 14.6. The summed E-state index contributed by atoms with van der Waals surface area (Å²) in [6.07, 6.45) is 4.81. The van der Waals surface area contributed by atoms with E-state index in [2.05, 4.69) is 14.7 Å². The maximum Gasteiger partial charge on any atom is 0.241 e. The average Bonchev–Trinajstić information content (AvgIpc) is 2.99. The molecule has 0 radical (unpaired) electrons. The highest BCUT2D eigenvalue weighted by Gasteiger charge is 2.21. The molecule has 0 saturated carbocycles. The van der Waals surface area contributed by atoms with Crippen molar-refractivity contribution in [1.29, 1.82) is 0 Å². The second-order valence-electron chi connectivity index (χ2n) is 4.55. The SMILES string of the molecule is CCc1ccc(S(=O)(=O)NC(CC)c2ncc[nH]2)cc1. The lowest BCUT2D eigenvalue weighted by Crippen LogP contribution is -2.29. The number of aromatic nitrogens is 2. The summed E-state index contributed by atoms with van der Waals surface area (Å²) in [4.78, 5) is 7.33. The highest BCUT2D eigenvalue weighted by molar-refractivity contribution is 7.89. The lowest BCUT2D eigenvalue weighted by atomic mass is 10.2. The third-order valence-electron chi connectivity index (χ3n) is 3.20. The number of rotatable bonds is 6. The van der Waals surface area contributed by atoms with Gasteiger partial charge in [-0.3, -0.25) is 0 Å². The van der Waals surface area contributed by atoms with Gasteiger partial charge in [-0.25, -0.2) is 18.1 Å². The van der Waals surface area contributed by atoms with Gasteiger partial charge >= 0.3 is 0 Å². The third kappa shape index (κ3) is 3.26. The van der Waals surface area contributed by atoms with Crippen LogP contribution in [0.2, 0.25) is 0 Å². The molecule has 2 aromatic rings. The number of imidazole rings is 1. The van der Waals surface area contributed by atoms with Crippen molar-refractivity contribution in [2.24, 2.45) is 0 Å². The Hall–Kier alpha value is -1.66. The third-order valence-corrected chi connectivity index (χ3v) is 4.68. The normalized spacial score (nSPS) is 13.3. The van der Waals surface area contributed by atoms with E-state index in [1.54, 1.807) is 24.5 Å². The van der Waals surface area contributed by atoms with Gasteiger partial charge in [0.1, 0.15) is 5.82 Å². The molecule has 1 aromatic carbocycles. The van der Waals surface area contributed by atoms with Gasteiger partial charge < -0.3 is 4.98 Å². The van der Waals surface area contributed by atoms with Crippen LogP contribution < -0.4 is 4.72 Å². The van der Waals surface area contributed by atoms with Crippen molar-refractivity contribution in [3.8, 4) is 0 Å². The average molecular weight is 293 g/mol. The molecular formula is C14H19N3O2S. The first-order valence-electron chi connectivity index (χ1n) is 6.67. The fourth-order valence-electron chi connectivity index (χ4n) is 1.96. The molecule has 0 aliphatic rings. The van der Waals surface area contributed by atoms with Gasteiger partial charge in [0.15, 0.2) is 0 Å². The quantitative estimate of drug-likeness (QED) is 0.858. The second kappa shape index (κ2) is 6.19. The minimum atomic E-state index is -3.53. The predicted molar refractivity (Wildman–Crippen MR) is 77.8 cm³/mol. The van der Waals surface area contributed by atoms with Crippen LogP contribution in [0.15, 0.2) is 41.6 Å². The van der Waals surface area contributed by atoms with E-state index in [0.717, 1.165) is 12.0 Å². The van der Waals surface area contributed by atoms with E-state index in [4.69, 9.17) is 0 Å². The van der Waals surface area contributed by atoms with E-state index < -0.39 is 10.0 Å². The number of H-pyrrole nitrogens is 1. The molecule has 1 unspecified atom stereocenters. The molecule has 0 bridgehead atoms. The van der Waals surface area contributed by atoms with Crippen molar-refractivity contribution in [2.75, 3.05) is 0 Å². The van der Waals surface area contributed by atoms with Crippen LogP contribution in [0.4, 0.5) is 0 Å². The molecule has 2 rings (SSSR count). The van der Waals surface area contributed by atoms with E-state index in [1.165, 1.54) is 0 Å². The summed E-state index contributed by atoms with van der Waals surface area (Å²) in [5, 5.41) is 0. The number of aryl methyl sites for hydroxylation is 1. The summed E-state index contributed by atoms with van der Waals surface area (Å²) in [7, 11) is -3.53. The Morgan fingerprint density at radius 1 is 1.25 bits per heavy atom. The maximum absolute atomic E-state index is 12.3. The summed E-state index contributed by atoms with van der Waals surface area (Å²) in [5.74, 6) is 0.626. The first kappa shape index (κ1) is 14.7. The zero-order valence-electron chi connectivity index (χ0n) is 11.6. The molecule has 1 atom stereocenters. The van der Waals surface area contributed by atoms with Gasteiger partial charge in [-0.15, -0.1) is 0 Å². The molecule has 0 spiro atoms. The first-order valence-corrected chi connectivity index (χ1v) is 8.15. The lowest BCUT2D eigenvalue weighted by Gasteiger charge is -2.15. The summed E-state index contributed by atoms with van der Waals surface area (Å²) in [5.41, 5.74) is 1.11. The van der Waals surface area contributed by atoms with Crippen molar-refractivity contribution in [2.45, 2.75) is 37.6 Å². The van der Waals surface area contributed by atoms with Gasteiger partial charge in [-0.05, 0) is 30.5 Å². The molecule has 20 heavy (non-hydrogen) atoms. The number of hydrogen-bond donors (Lipinski definition) is 2. The van der Waals surface area contributed by atoms with E-state index in [1.807, 2.05) is 26.0 Å². The van der Waals surface area contributed by atoms with Gasteiger partial charge in [0.05, 0.1) is 10.9 Å². The van der Waals surface area contributed by atoms with Crippen molar-refractivity contribution in [3.05, 3.63) is 48.0 Å². The van der Waals surface area contributed by atoms with Crippen molar-refractivity contribution < 1.29 is 8.42 Å². The largest absolute Gasteiger partial charge is 0.347 e. The van der Waals surface area contributed by atoms with Crippen LogP contribution in [0.1, 0.15) is 37.7 Å². The van der Waals surface area contributed by atoms with E-state index in [9.17, 15) is 8.42 Å². The van der Waals surface area contributed by atoms with E-state index in [0.29, 0.717) is 12.2 Å². The minimum absolute atomic E-state index is 0.278. The molecule has 5 nitrogen and oxygen atoms in total. The van der Waals surface area contributed by atoms with Gasteiger partial charge in [0.25, 0.3) is 0 Å². The molecule has 0 aliphatic heterocycles. The molecule has 0 fully saturated rings. The van der Waals surface area contributed by atoms with Crippen molar-refractivity contribution in [1.82, 2.24) is 14.7 Å². The number of nitrogens with zero attached hydrogens (tertiary/aromatic N) is 1. The van der Waals surface area contributed by atoms with Crippen molar-refractivity contribution >= 4 is 10.0 Å². The zero-order valence-corrected chi connectivity index (χ0v) is 12.4. The number of hydrogen-bond acceptors (Lipinski definition) is 3. The number of sulfonamides is 1. The molecule has 0 aliphatic carbocycles. The fraction of sp³-hybridized carbons (Fsp3) is 0.357. The van der Waals surface area contributed by atoms with Crippen LogP contribution >= 0.6 is 0 Å². The molecule has 1 aromatic heterocycles. The Bertz CT molecular complexity index is 634. The van der Waals surface area contributed by atoms with E-state index in [-0.39, 0.29) is 10.9 Å². The standard InChI is InChI=1S/C14H19N3O2S/c1-3-11-5-7-12(8-6-11)20(18,19)17-13(4-2)14-15-9-10-16-14/h5-10,13,17H,3-4H2,1-2H3,(H,15,16). The highest BCUT2D eigenvalue weighted by Crippen LogP contribution is 2.17. The molecule has 6 heteroatoms. The Balaban J connectivity index is 2.21. The van der Waals surface area contributed by atoms with Gasteiger partial charge in [0, 0.05) is 12.4 Å². The number of benzene rings is 1. The first-order chi connectivity index (χ1) is 9.56. The lowest BCUT2D eigenvalue weighted by molar-refractivity contribution is 0.539. The van der Waals surface area contributed by atoms with Gasteiger partial charge in [-0.1, -0.05) is 26.0 Å². The monoisotopic (exact) mass is 293 g/mol. The summed E-state index contributed by atoms with van der Waals surface area (Å²) >= 11 is 0. The Morgan fingerprint density at radius 2 is 1.95 bits per heavy atom. The van der Waals surface area contributed by atoms with Crippen molar-refractivity contribution in [3.63, 3.8) is 0 Å². The maximum atomic E-state index is 12.3. The highest BCUT2D eigenvalue weighted by atomic mass is 32.2. The van der Waals surface area contributed by atoms with Crippen LogP contribution in [0.25, 0.3) is 0 Å². The molecule has 0 amide bonds. The Labute approximate surface area is 119 Å². The topological polar surface area (TPSA) is 74.8 Å². The number of nitrogens with one attached hydrogen (secondary N) is 2. The van der Waals surface area contributed by atoms with Crippen LogP contribution in [0, 0.1) is 0 Å². The smallest absolute Gasteiger partial charge is 0.241 e. The fourth-order valence-corrected chi connectivity index (χ4v) is 3.24. The van der Waals surface area contributed by atoms with Crippen LogP contribution in [0.3, 0.4) is 0 Å². The Morgan fingerprint density at radius 3 is 2.45 bits per heavy atom. The number of aromatic amines is 1. The van der Waals surface area contributed by atoms with E-state index >= 15 is 0 Å². The molecule has 1 heterocycles. The summed E-state index contributed by atoms with van der Waals surface area (Å²) in [6, 6.07) is 6.59. The van der Waals surface area contributed by atoms with Crippen LogP contribution in [-0.4, -0.2) is 18.4 Å². The van der Waals surface area contributed by atoms with Gasteiger partial charge in [-0.2, -0.15) is 0 Å². The Kier molecular flexibility index (Phi) is 4.57. The molecule has 108 valence electrons. The van der Waals surface area contributed by atoms with Crippen LogP contribution in [0.5, 0.6) is 0 Å². The summed E-state index contributed by atoms with van der Waals surface area (Å²) < 4.78 is 27.4. The minimum Gasteiger partial charge on any atom is -0.347 e. The predicted octanol–water partition coefficient (Wildman–Crippen LogP) is 2.40. The van der Waals surface area contributed by atoms with Gasteiger partial charge in [0.2, 0.25) is 10.0 Å². The molecular weight excluding hydrogens is 274 g/mol. The molecule has 0 saturated heterocycles. The summed E-state index contributed by atoms with van der Waals surface area (Å²) in [6.45, 7) is 3.95. The van der Waals surface area contributed by atoms with Crippen LogP contribution in [-0.2, 0) is 16.4 Å².